The number of nitrogen functional groups attached to an aromatic ring is 1. The third kappa shape index (κ3) is 5.49. The molecule has 2 aliphatic rings. The highest BCUT2D eigenvalue weighted by molar-refractivity contribution is 6.03. The van der Waals surface area contributed by atoms with Crippen molar-refractivity contribution in [1.29, 1.82) is 0 Å². The van der Waals surface area contributed by atoms with Crippen molar-refractivity contribution >= 4 is 17.8 Å². The fourth-order valence-corrected chi connectivity index (χ4v) is 5.94. The largest absolute Gasteiger partial charge is 0.444 e. The van der Waals surface area contributed by atoms with Crippen molar-refractivity contribution in [2.45, 2.75) is 71.3 Å². The summed E-state index contributed by atoms with van der Waals surface area (Å²) in [5, 5.41) is 8.94. The summed E-state index contributed by atoms with van der Waals surface area (Å²) in [6.07, 6.45) is 0.597. The first-order valence-corrected chi connectivity index (χ1v) is 13.4. The summed E-state index contributed by atoms with van der Waals surface area (Å²) < 4.78 is 48.7. The van der Waals surface area contributed by atoms with Gasteiger partial charge in [-0.05, 0) is 69.6 Å². The van der Waals surface area contributed by atoms with Crippen molar-refractivity contribution < 1.29 is 27.5 Å². The molecular weight excluding hydrogens is 539 g/mol. The minimum atomic E-state index is -4.46. The highest BCUT2D eigenvalue weighted by atomic mass is 19.4. The Morgan fingerprint density at radius 2 is 1.90 bits per heavy atom. The van der Waals surface area contributed by atoms with Gasteiger partial charge in [-0.3, -0.25) is 9.48 Å². The number of primary amides is 1. The summed E-state index contributed by atoms with van der Waals surface area (Å²) >= 11 is 0. The Morgan fingerprint density at radius 3 is 2.54 bits per heavy atom. The first-order valence-electron chi connectivity index (χ1n) is 13.4. The van der Waals surface area contributed by atoms with Gasteiger partial charge in [0.25, 0.3) is 5.91 Å². The average molecular weight is 574 g/mol. The number of halogens is 3. The third-order valence-corrected chi connectivity index (χ3v) is 7.96. The Hall–Kier alpha value is -4.03. The van der Waals surface area contributed by atoms with Gasteiger partial charge in [-0.1, -0.05) is 12.1 Å². The van der Waals surface area contributed by atoms with E-state index in [1.54, 1.807) is 21.8 Å². The molecule has 3 aromatic rings. The molecule has 1 spiro atoms. The van der Waals surface area contributed by atoms with E-state index >= 15 is 0 Å². The highest BCUT2D eigenvalue weighted by Gasteiger charge is 2.51. The van der Waals surface area contributed by atoms with Crippen LogP contribution in [-0.2, 0) is 17.5 Å². The van der Waals surface area contributed by atoms with Crippen molar-refractivity contribution in [1.82, 2.24) is 24.5 Å². The van der Waals surface area contributed by atoms with E-state index < -0.39 is 23.2 Å². The second-order valence-corrected chi connectivity index (χ2v) is 12.1. The number of amides is 2. The number of aromatic nitrogens is 4. The number of hydrogen-bond acceptors (Lipinski definition) is 6. The molecule has 5 rings (SSSR count). The molecule has 41 heavy (non-hydrogen) atoms. The summed E-state index contributed by atoms with van der Waals surface area (Å²) in [6.45, 7) is 8.22. The Bertz CT molecular complexity index is 1500. The number of nitrogens with two attached hydrogens (primary N) is 2. The van der Waals surface area contributed by atoms with Crippen LogP contribution in [0, 0.1) is 12.3 Å². The molecule has 0 atom stereocenters. The molecule has 1 aliphatic heterocycles. The average Bonchev–Trinajstić information content (AvgIpc) is 3.54. The summed E-state index contributed by atoms with van der Waals surface area (Å²) in [5.41, 5.74) is 12.1. The molecule has 4 N–H and O–H groups in total. The Morgan fingerprint density at radius 1 is 1.20 bits per heavy atom. The van der Waals surface area contributed by atoms with Crippen molar-refractivity contribution in [3.63, 3.8) is 0 Å². The van der Waals surface area contributed by atoms with Crippen molar-refractivity contribution in [2.24, 2.45) is 11.1 Å². The second-order valence-electron chi connectivity index (χ2n) is 12.1. The number of carbonyl (C=O) groups is 2. The molecule has 10 nitrogen and oxygen atoms in total. The van der Waals surface area contributed by atoms with Gasteiger partial charge in [0.2, 0.25) is 0 Å². The summed E-state index contributed by atoms with van der Waals surface area (Å²) in [6, 6.07) is 3.95. The van der Waals surface area contributed by atoms with Crippen LogP contribution in [0.4, 0.5) is 23.8 Å². The zero-order valence-electron chi connectivity index (χ0n) is 23.5. The maximum absolute atomic E-state index is 13.4. The van der Waals surface area contributed by atoms with E-state index in [2.05, 4.69) is 10.2 Å². The number of hydrogen-bond donors (Lipinski definition) is 2. The first kappa shape index (κ1) is 28.5. The second kappa shape index (κ2) is 9.81. The lowest BCUT2D eigenvalue weighted by Gasteiger charge is -2.45. The van der Waals surface area contributed by atoms with Gasteiger partial charge >= 0.3 is 12.3 Å². The molecule has 3 heterocycles. The fourth-order valence-electron chi connectivity index (χ4n) is 5.94. The minimum Gasteiger partial charge on any atom is -0.444 e. The zero-order chi connectivity index (χ0) is 29.9. The quantitative estimate of drug-likeness (QED) is 0.452. The van der Waals surface area contributed by atoms with Crippen LogP contribution in [0.2, 0.25) is 0 Å². The Kier molecular flexibility index (Phi) is 6.82. The predicted molar refractivity (Wildman–Crippen MR) is 145 cm³/mol. The highest BCUT2D eigenvalue weighted by Crippen LogP contribution is 2.55. The molecule has 220 valence electrons. The molecule has 13 heteroatoms. The van der Waals surface area contributed by atoms with Crippen LogP contribution < -0.4 is 11.5 Å². The van der Waals surface area contributed by atoms with Gasteiger partial charge in [-0.2, -0.15) is 23.4 Å². The molecule has 1 aromatic carbocycles. The maximum Gasteiger partial charge on any atom is 0.416 e. The molecule has 0 unspecified atom stereocenters. The van der Waals surface area contributed by atoms with Crippen LogP contribution >= 0.6 is 0 Å². The molecule has 1 aliphatic carbocycles. The molecular formula is C28H34F3N7O3. The Balaban J connectivity index is 1.34. The molecule has 2 amide bonds. The molecule has 2 aromatic heterocycles. The van der Waals surface area contributed by atoms with Crippen LogP contribution in [-0.4, -0.2) is 55.2 Å². The van der Waals surface area contributed by atoms with Crippen LogP contribution in [0.15, 0.2) is 30.6 Å². The Labute approximate surface area is 235 Å². The van der Waals surface area contributed by atoms with Gasteiger partial charge in [-0.15, -0.1) is 0 Å². The first-order chi connectivity index (χ1) is 19.1. The molecule has 0 bridgehead atoms. The summed E-state index contributed by atoms with van der Waals surface area (Å²) in [7, 11) is 0. The lowest BCUT2D eigenvalue weighted by Crippen LogP contribution is -2.43. The van der Waals surface area contributed by atoms with Crippen molar-refractivity contribution in [3.8, 4) is 11.3 Å². The van der Waals surface area contributed by atoms with E-state index in [9.17, 15) is 22.8 Å². The topological polar surface area (TPSA) is 134 Å². The molecule has 1 saturated heterocycles. The predicted octanol–water partition coefficient (Wildman–Crippen LogP) is 4.77. The number of nitrogens with zero attached hydrogens (tertiary/aromatic N) is 5. The normalized spacial score (nSPS) is 20.9. The molecule has 1 saturated carbocycles. The third-order valence-electron chi connectivity index (χ3n) is 7.96. The van der Waals surface area contributed by atoms with Gasteiger partial charge in [-0.25, -0.2) is 9.48 Å². The number of anilines is 1. The van der Waals surface area contributed by atoms with Crippen LogP contribution in [0.1, 0.15) is 73.1 Å². The maximum atomic E-state index is 13.4. The van der Waals surface area contributed by atoms with E-state index in [0.717, 1.165) is 25.3 Å². The lowest BCUT2D eigenvalue weighted by atomic mass is 9.65. The number of benzene rings is 1. The number of ether oxygens (including phenoxy) is 1. The monoisotopic (exact) mass is 573 g/mol. The van der Waals surface area contributed by atoms with E-state index in [1.807, 2.05) is 20.8 Å². The van der Waals surface area contributed by atoms with Crippen LogP contribution in [0.25, 0.3) is 11.3 Å². The smallest absolute Gasteiger partial charge is 0.416 e. The fraction of sp³-hybridized carbons (Fsp3) is 0.500. The van der Waals surface area contributed by atoms with Gasteiger partial charge in [0, 0.05) is 24.8 Å². The van der Waals surface area contributed by atoms with Gasteiger partial charge in [0.1, 0.15) is 22.7 Å². The number of alkyl halides is 3. The SMILES string of the molecule is Cc1c(Cn2cc(-c3nn([C@H]4C[C@@]5(CCN(C(=O)OC(C)(C)C)C5)C4)c(N)c3C(N)=O)cn2)cccc1C(F)(F)F. The van der Waals surface area contributed by atoms with E-state index in [4.69, 9.17) is 16.2 Å². The molecule has 0 radical (unpaired) electrons. The van der Waals surface area contributed by atoms with Gasteiger partial charge in [0.05, 0.1) is 24.3 Å². The minimum absolute atomic E-state index is 0.0687. The van der Waals surface area contributed by atoms with Crippen LogP contribution in [0.5, 0.6) is 0 Å². The van der Waals surface area contributed by atoms with Gasteiger partial charge < -0.3 is 21.1 Å². The summed E-state index contributed by atoms with van der Waals surface area (Å²) in [5.74, 6) is -0.591. The van der Waals surface area contributed by atoms with E-state index in [0.29, 0.717) is 24.2 Å². The number of carbonyl (C=O) groups excluding carboxylic acids is 2. The number of rotatable bonds is 5. The van der Waals surface area contributed by atoms with Gasteiger partial charge in [0.15, 0.2) is 0 Å². The lowest BCUT2D eigenvalue weighted by molar-refractivity contribution is -0.138. The zero-order valence-corrected chi connectivity index (χ0v) is 23.5. The molecule has 2 fully saturated rings. The summed E-state index contributed by atoms with van der Waals surface area (Å²) in [4.78, 5) is 26.7. The van der Waals surface area contributed by atoms with Crippen molar-refractivity contribution in [2.75, 3.05) is 18.8 Å². The van der Waals surface area contributed by atoms with E-state index in [1.165, 1.54) is 23.9 Å². The van der Waals surface area contributed by atoms with E-state index in [-0.39, 0.29) is 46.7 Å². The van der Waals surface area contributed by atoms with Crippen molar-refractivity contribution in [3.05, 3.63) is 52.8 Å². The standard InChI is InChI=1S/C28H34F3N7O3/c1-16-17(6-5-7-20(16)28(29,30)31)13-37-14-18(12-34-37)22-21(24(33)39)23(32)38(35-22)19-10-27(11-19)8-9-36(15-27)25(40)41-26(2,3)4/h5-7,12,14,19H,8-11,13,15,32H2,1-4H3,(H2,33,39)/t19-,27-. The number of likely N-dealkylation sites (tertiary alicyclic amines) is 1. The van der Waals surface area contributed by atoms with Crippen LogP contribution in [0.3, 0.4) is 0 Å².